The number of rotatable bonds is 0. The Balaban J connectivity index is 0. The summed E-state index contributed by atoms with van der Waals surface area (Å²) in [6.45, 7) is 0. The monoisotopic (exact) mass is 246 g/mol. The molecule has 13 heavy (non-hydrogen) atoms. The molecule has 1 saturated heterocycles. The van der Waals surface area contributed by atoms with E-state index in [-0.39, 0.29) is 52.8 Å². The maximum absolute atomic E-state index is 12.4. The van der Waals surface area contributed by atoms with Crippen LogP contribution in [0.15, 0.2) is 0 Å². The molecule has 0 aromatic rings. The van der Waals surface area contributed by atoms with Gasteiger partial charge in [0.15, 0.2) is 18.5 Å². The summed E-state index contributed by atoms with van der Waals surface area (Å²) < 4.78 is 73.8. The van der Waals surface area contributed by atoms with Crippen LogP contribution < -0.4 is 51.4 Å². The normalized spacial score (nSPS) is 45.7. The molecule has 4 unspecified atom stereocenters. The minimum atomic E-state index is -4.26. The average Bonchev–Trinajstić information content (AvgIpc) is 2.08. The van der Waals surface area contributed by atoms with E-state index in [0.29, 0.717) is 0 Å². The van der Waals surface area contributed by atoms with Crippen LogP contribution in [0.5, 0.6) is 0 Å². The first-order valence-corrected chi connectivity index (χ1v) is 5.08. The van der Waals surface area contributed by atoms with Crippen molar-refractivity contribution in [3.8, 4) is 0 Å². The molecule has 72 valence electrons. The molecule has 0 amide bonds. The van der Waals surface area contributed by atoms with Crippen LogP contribution in [0.1, 0.15) is 1.43 Å². The minimum Gasteiger partial charge on any atom is -1.00 e. The van der Waals surface area contributed by atoms with E-state index in [9.17, 15) is 25.5 Å². The molecule has 1 rings (SSSR count). The molecular weight excluding hydrogens is 240 g/mol. The summed E-state index contributed by atoms with van der Waals surface area (Å²) in [4.78, 5) is 0. The Labute approximate surface area is 120 Å². The Kier molecular flexibility index (Phi) is 6.50. The van der Waals surface area contributed by atoms with Gasteiger partial charge in [0.25, 0.3) is 0 Å². The summed E-state index contributed by atoms with van der Waals surface area (Å²) in [5.74, 6) is 0. The van der Waals surface area contributed by atoms with Crippen LogP contribution in [0.25, 0.3) is 0 Å². The zero-order valence-electron chi connectivity index (χ0n) is 7.73. The van der Waals surface area contributed by atoms with Gasteiger partial charge in [-0.2, -0.15) is 0 Å². The molecule has 0 aromatic heterocycles. The molecule has 0 aliphatic carbocycles. The second kappa shape index (κ2) is 5.73. The standard InChI is InChI=1S/C5H5F5.Al.FH.K.H/c6-1-3(8)5(10)4(9)2-7;;;;/h1-5H;;1H;;/q;+1;;+1;-1/p-1. The van der Waals surface area contributed by atoms with Crippen LogP contribution in [0.2, 0.25) is 0 Å². The van der Waals surface area contributed by atoms with Gasteiger partial charge in [-0.15, -0.1) is 0 Å². The van der Waals surface area contributed by atoms with E-state index in [1.807, 2.05) is 0 Å². The maximum atomic E-state index is 12.4. The van der Waals surface area contributed by atoms with Gasteiger partial charge in [0.2, 0.25) is 0 Å². The van der Waals surface area contributed by atoms with Crippen LogP contribution in [-0.2, 0) is 0 Å². The topological polar surface area (TPSA) is 0 Å². The average molecular weight is 246 g/mol. The zero-order chi connectivity index (χ0) is 9.46. The molecule has 0 aromatic carbocycles. The third-order valence-electron chi connectivity index (χ3n) is 1.83. The second-order valence-corrected chi connectivity index (χ2v) is 4.83. The van der Waals surface area contributed by atoms with Crippen molar-refractivity contribution in [3.05, 3.63) is 0 Å². The van der Waals surface area contributed by atoms with Gasteiger partial charge in [-0.1, -0.05) is 0 Å². The second-order valence-electron chi connectivity index (χ2n) is 2.67. The Bertz CT molecular complexity index is 118. The van der Waals surface area contributed by atoms with Gasteiger partial charge in [0, 0.05) is 0 Å². The molecule has 1 fully saturated rings. The summed E-state index contributed by atoms with van der Waals surface area (Å²) in [5, 5.41) is -5.55. The summed E-state index contributed by atoms with van der Waals surface area (Å²) in [7, 11) is 0. The van der Waals surface area contributed by atoms with E-state index in [0.717, 1.165) is 0 Å². The molecular formula is C5H6AlF6K. The number of halogens is 6. The smallest absolute Gasteiger partial charge is 1.00 e. The molecule has 0 radical (unpaired) electrons. The molecule has 4 atom stereocenters. The van der Waals surface area contributed by atoms with Gasteiger partial charge in [0.05, 0.1) is 0 Å². The third-order valence-corrected chi connectivity index (χ3v) is 3.78. The Morgan fingerprint density at radius 2 is 1.08 bits per heavy atom. The van der Waals surface area contributed by atoms with Crippen molar-refractivity contribution < 1.29 is 78.3 Å². The van der Waals surface area contributed by atoms with Gasteiger partial charge in [0.1, 0.15) is 10.1 Å². The Morgan fingerprint density at radius 1 is 0.769 bits per heavy atom. The largest absolute Gasteiger partial charge is 1.00 e. The first-order valence-electron chi connectivity index (χ1n) is 3.31. The van der Waals surface area contributed by atoms with Gasteiger partial charge >= 0.3 is 66.0 Å². The van der Waals surface area contributed by atoms with E-state index >= 15 is 0 Å². The first-order chi connectivity index (χ1) is 5.46. The summed E-state index contributed by atoms with van der Waals surface area (Å²) in [6.07, 6.45) is -8.59. The van der Waals surface area contributed by atoms with Crippen LogP contribution in [0, 0.1) is 0 Å². The summed E-state index contributed by atoms with van der Waals surface area (Å²) >= 11 is -4.26. The molecule has 0 saturated carbocycles. The van der Waals surface area contributed by atoms with Crippen molar-refractivity contribution in [1.29, 1.82) is 0 Å². The molecule has 0 nitrogen and oxygen atoms in total. The minimum absolute atomic E-state index is 0. The predicted octanol–water partition coefficient (Wildman–Crippen LogP) is -1.15. The number of alkyl halides is 5. The summed E-state index contributed by atoms with van der Waals surface area (Å²) in [6, 6.07) is 0. The molecule has 1 aliphatic rings. The van der Waals surface area contributed by atoms with E-state index in [4.69, 9.17) is 0 Å². The van der Waals surface area contributed by atoms with Gasteiger partial charge in [-0.25, -0.2) is 13.2 Å². The molecule has 8 heteroatoms. The van der Waals surface area contributed by atoms with Crippen molar-refractivity contribution in [2.24, 2.45) is 0 Å². The van der Waals surface area contributed by atoms with Crippen molar-refractivity contribution in [3.63, 3.8) is 0 Å². The van der Waals surface area contributed by atoms with Crippen LogP contribution in [-0.4, -0.2) is 43.2 Å². The van der Waals surface area contributed by atoms with Gasteiger partial charge in [-0.05, 0) is 0 Å². The third kappa shape index (κ3) is 2.86. The van der Waals surface area contributed by atoms with Crippen LogP contribution >= 0.6 is 0 Å². The Hall–Kier alpha value is 1.75. The zero-order valence-corrected chi connectivity index (χ0v) is 11.0. The fourth-order valence-electron chi connectivity index (χ4n) is 1.05. The van der Waals surface area contributed by atoms with Crippen molar-refractivity contribution in [2.45, 2.75) is 28.6 Å². The fourth-order valence-corrected chi connectivity index (χ4v) is 2.53. The number of hydrogen-bond acceptors (Lipinski definition) is 0. The maximum Gasteiger partial charge on any atom is 1.00 e. The predicted molar refractivity (Wildman–Crippen MR) is 32.5 cm³/mol. The van der Waals surface area contributed by atoms with Crippen LogP contribution in [0.3, 0.4) is 0 Å². The quantitative estimate of drug-likeness (QED) is 0.374. The van der Waals surface area contributed by atoms with E-state index in [2.05, 4.69) is 0 Å². The van der Waals surface area contributed by atoms with Crippen LogP contribution in [0.4, 0.5) is 25.5 Å². The SMILES string of the molecule is FC1C(F)[CH](F)[Al]([F])[CH](F)C1F.[H-].[K+]. The van der Waals surface area contributed by atoms with E-state index in [1.165, 1.54) is 0 Å². The van der Waals surface area contributed by atoms with Gasteiger partial charge < -0.3 is 4.95 Å². The van der Waals surface area contributed by atoms with Crippen molar-refractivity contribution in [1.82, 2.24) is 0 Å². The van der Waals surface area contributed by atoms with Crippen molar-refractivity contribution >= 4 is 14.6 Å². The van der Waals surface area contributed by atoms with Gasteiger partial charge in [-0.3, -0.25) is 8.78 Å². The van der Waals surface area contributed by atoms with Crippen molar-refractivity contribution in [2.75, 3.05) is 0 Å². The van der Waals surface area contributed by atoms with E-state index < -0.39 is 43.2 Å². The molecule has 0 N–H and O–H groups in total. The fraction of sp³-hybridized carbons (Fsp3) is 1.00. The molecule has 0 bridgehead atoms. The summed E-state index contributed by atoms with van der Waals surface area (Å²) in [5.41, 5.74) is 0. The molecule has 1 aliphatic heterocycles. The van der Waals surface area contributed by atoms with E-state index in [1.54, 1.807) is 0 Å². The Morgan fingerprint density at radius 3 is 1.38 bits per heavy atom. The molecule has 1 heterocycles. The number of hydrogen-bond donors (Lipinski definition) is 0. The first kappa shape index (κ1) is 14.7. The molecule has 0 spiro atoms.